The zero-order chi connectivity index (χ0) is 21.8. The summed E-state index contributed by atoms with van der Waals surface area (Å²) in [6.07, 6.45) is 6.01. The zero-order valence-corrected chi connectivity index (χ0v) is 19.3. The molecular formula is C27H29ClN2O2. The highest BCUT2D eigenvalue weighted by Gasteiger charge is 2.40. The van der Waals surface area contributed by atoms with Gasteiger partial charge in [0.25, 0.3) is 0 Å². The fraction of sp³-hybridized carbons (Fsp3) is 0.444. The number of carbonyl (C=O) groups is 1. The average Bonchev–Trinajstić information content (AvgIpc) is 3.41. The molecule has 166 valence electrons. The smallest absolute Gasteiger partial charge is 0.179 e. The molecule has 4 heterocycles. The molecule has 5 heteroatoms. The molecule has 0 saturated carbocycles. The molecule has 1 aromatic heterocycles. The van der Waals surface area contributed by atoms with Crippen LogP contribution in [-0.2, 0) is 11.2 Å². The van der Waals surface area contributed by atoms with E-state index in [0.717, 1.165) is 47.5 Å². The number of nitrogens with zero attached hydrogens (tertiary/aromatic N) is 2. The molecule has 2 aromatic carbocycles. The molecule has 0 atom stereocenters. The number of fused-ring (bicyclic) bond motifs is 3. The second kappa shape index (κ2) is 8.02. The Morgan fingerprint density at radius 1 is 1.03 bits per heavy atom. The van der Waals surface area contributed by atoms with Crippen LogP contribution in [0.4, 0.5) is 0 Å². The molecule has 3 saturated heterocycles. The quantitative estimate of drug-likeness (QED) is 0.461. The number of benzene rings is 2. The number of aromatic nitrogens is 1. The lowest BCUT2D eigenvalue weighted by atomic mass is 9.96. The van der Waals surface area contributed by atoms with E-state index in [1.54, 1.807) is 0 Å². The van der Waals surface area contributed by atoms with Crippen LogP contribution >= 0.6 is 11.6 Å². The summed E-state index contributed by atoms with van der Waals surface area (Å²) in [5.74, 6) is 0.846. The number of carbonyl (C=O) groups excluding carboxylic acids is 1. The van der Waals surface area contributed by atoms with Crippen molar-refractivity contribution in [3.8, 4) is 5.69 Å². The minimum atomic E-state index is 0.249. The summed E-state index contributed by atoms with van der Waals surface area (Å²) in [7, 11) is 0. The molecule has 6 rings (SSSR count). The standard InChI is InChI=1S/C27H29ClN2O2/c1-17-27(26(31)14-29-21-7-8-22(29)10-9-21)24-11-2-18(12-19-15-32-16-19)13-25(24)30(17)23-5-3-20(28)4-6-23/h2-6,11,13,19,21-22H,7-10,12,14-16H2,1H3/t21-,22+. The van der Waals surface area contributed by atoms with Gasteiger partial charge in [0, 0.05) is 45.4 Å². The maximum absolute atomic E-state index is 13.7. The summed E-state index contributed by atoms with van der Waals surface area (Å²) in [5.41, 5.74) is 5.34. The van der Waals surface area contributed by atoms with Crippen LogP contribution in [0, 0.1) is 12.8 Å². The molecule has 3 aliphatic rings. The van der Waals surface area contributed by atoms with Crippen molar-refractivity contribution in [1.82, 2.24) is 9.47 Å². The minimum Gasteiger partial charge on any atom is -0.381 e. The Morgan fingerprint density at radius 2 is 1.72 bits per heavy atom. The predicted molar refractivity (Wildman–Crippen MR) is 128 cm³/mol. The van der Waals surface area contributed by atoms with Crippen LogP contribution in [0.1, 0.15) is 47.3 Å². The number of halogens is 1. The van der Waals surface area contributed by atoms with Crippen molar-refractivity contribution < 1.29 is 9.53 Å². The molecule has 3 aliphatic heterocycles. The fourth-order valence-electron chi connectivity index (χ4n) is 6.12. The van der Waals surface area contributed by atoms with Crippen molar-refractivity contribution >= 4 is 28.3 Å². The van der Waals surface area contributed by atoms with Crippen molar-refractivity contribution in [2.45, 2.75) is 51.1 Å². The van der Waals surface area contributed by atoms with Gasteiger partial charge in [0.15, 0.2) is 5.78 Å². The van der Waals surface area contributed by atoms with Gasteiger partial charge in [-0.25, -0.2) is 0 Å². The lowest BCUT2D eigenvalue weighted by Gasteiger charge is -2.25. The van der Waals surface area contributed by atoms with E-state index in [-0.39, 0.29) is 5.78 Å². The molecule has 0 aliphatic carbocycles. The van der Waals surface area contributed by atoms with E-state index in [9.17, 15) is 4.79 Å². The van der Waals surface area contributed by atoms with E-state index in [4.69, 9.17) is 16.3 Å². The van der Waals surface area contributed by atoms with Gasteiger partial charge in [-0.3, -0.25) is 9.69 Å². The molecular weight excluding hydrogens is 420 g/mol. The first-order chi connectivity index (χ1) is 15.6. The van der Waals surface area contributed by atoms with Gasteiger partial charge in [0.2, 0.25) is 0 Å². The molecule has 3 fully saturated rings. The van der Waals surface area contributed by atoms with E-state index in [0.29, 0.717) is 29.6 Å². The lowest BCUT2D eigenvalue weighted by molar-refractivity contribution is -0.0312. The van der Waals surface area contributed by atoms with E-state index in [1.807, 2.05) is 24.3 Å². The Hall–Kier alpha value is -2.14. The highest BCUT2D eigenvalue weighted by molar-refractivity contribution is 6.30. The normalized spacial score (nSPS) is 23.2. The summed E-state index contributed by atoms with van der Waals surface area (Å²) < 4.78 is 7.61. The van der Waals surface area contributed by atoms with Gasteiger partial charge < -0.3 is 9.30 Å². The van der Waals surface area contributed by atoms with E-state index < -0.39 is 0 Å². The number of hydrogen-bond donors (Lipinski definition) is 0. The molecule has 0 radical (unpaired) electrons. The van der Waals surface area contributed by atoms with Gasteiger partial charge in [-0.05, 0) is 74.9 Å². The molecule has 0 unspecified atom stereocenters. The lowest BCUT2D eigenvalue weighted by Crippen LogP contribution is -2.34. The van der Waals surface area contributed by atoms with Crippen LogP contribution in [0.15, 0.2) is 42.5 Å². The third kappa shape index (κ3) is 3.40. The fourth-order valence-corrected chi connectivity index (χ4v) is 6.25. The van der Waals surface area contributed by atoms with E-state index in [2.05, 4.69) is 34.6 Å². The maximum atomic E-state index is 13.7. The Labute approximate surface area is 194 Å². The first-order valence-electron chi connectivity index (χ1n) is 11.8. The average molecular weight is 449 g/mol. The number of hydrogen-bond acceptors (Lipinski definition) is 3. The van der Waals surface area contributed by atoms with Crippen LogP contribution in [0.2, 0.25) is 5.02 Å². The number of ketones is 1. The van der Waals surface area contributed by atoms with Gasteiger partial charge >= 0.3 is 0 Å². The Balaban J connectivity index is 1.43. The van der Waals surface area contributed by atoms with Crippen molar-refractivity contribution in [2.24, 2.45) is 5.92 Å². The molecule has 0 spiro atoms. The monoisotopic (exact) mass is 448 g/mol. The number of Topliss-reactive ketones (excluding diaryl/α,β-unsaturated/α-hetero) is 1. The van der Waals surface area contributed by atoms with Crippen LogP contribution in [0.25, 0.3) is 16.6 Å². The number of ether oxygens (including phenoxy) is 1. The topological polar surface area (TPSA) is 34.5 Å². The van der Waals surface area contributed by atoms with Crippen LogP contribution in [0.3, 0.4) is 0 Å². The van der Waals surface area contributed by atoms with Gasteiger partial charge in [-0.15, -0.1) is 0 Å². The summed E-state index contributed by atoms with van der Waals surface area (Å²) in [6.45, 7) is 4.31. The molecule has 3 aromatic rings. The van der Waals surface area contributed by atoms with Gasteiger partial charge in [0.05, 0.1) is 25.3 Å². The first kappa shape index (κ1) is 20.5. The SMILES string of the molecule is Cc1c(C(=O)CN2[C@H]3CC[C@@H]2CC3)c2ccc(CC3COC3)cc2n1-c1ccc(Cl)cc1. The Bertz CT molecular complexity index is 1160. The summed E-state index contributed by atoms with van der Waals surface area (Å²) >= 11 is 6.17. The van der Waals surface area contributed by atoms with Crippen LogP contribution in [0.5, 0.6) is 0 Å². The molecule has 0 N–H and O–H groups in total. The van der Waals surface area contributed by atoms with Crippen molar-refractivity contribution in [3.63, 3.8) is 0 Å². The predicted octanol–water partition coefficient (Wildman–Crippen LogP) is 5.59. The van der Waals surface area contributed by atoms with Crippen molar-refractivity contribution in [3.05, 3.63) is 64.3 Å². The zero-order valence-electron chi connectivity index (χ0n) is 18.5. The first-order valence-corrected chi connectivity index (χ1v) is 12.2. The summed E-state index contributed by atoms with van der Waals surface area (Å²) in [6, 6.07) is 15.7. The molecule has 32 heavy (non-hydrogen) atoms. The van der Waals surface area contributed by atoms with Gasteiger partial charge in [-0.1, -0.05) is 23.7 Å². The largest absolute Gasteiger partial charge is 0.381 e. The molecule has 0 amide bonds. The number of rotatable bonds is 6. The third-order valence-corrected chi connectivity index (χ3v) is 8.05. The third-order valence-electron chi connectivity index (χ3n) is 7.80. The highest BCUT2D eigenvalue weighted by atomic mass is 35.5. The van der Waals surface area contributed by atoms with Gasteiger partial charge in [0.1, 0.15) is 0 Å². The second-order valence-corrected chi connectivity index (χ2v) is 10.2. The summed E-state index contributed by atoms with van der Waals surface area (Å²) in [4.78, 5) is 16.1. The van der Waals surface area contributed by atoms with Crippen molar-refractivity contribution in [2.75, 3.05) is 19.8 Å². The Kier molecular flexibility index (Phi) is 5.13. The highest BCUT2D eigenvalue weighted by Crippen LogP contribution is 2.38. The van der Waals surface area contributed by atoms with Crippen LogP contribution < -0.4 is 0 Å². The Morgan fingerprint density at radius 3 is 2.34 bits per heavy atom. The second-order valence-electron chi connectivity index (χ2n) is 9.79. The maximum Gasteiger partial charge on any atom is 0.179 e. The van der Waals surface area contributed by atoms with Crippen LogP contribution in [-0.4, -0.2) is 47.1 Å². The summed E-state index contributed by atoms with van der Waals surface area (Å²) in [5, 5.41) is 1.77. The molecule has 4 nitrogen and oxygen atoms in total. The molecule has 2 bridgehead atoms. The van der Waals surface area contributed by atoms with Gasteiger partial charge in [-0.2, -0.15) is 0 Å². The van der Waals surface area contributed by atoms with E-state index >= 15 is 0 Å². The minimum absolute atomic E-state index is 0.249. The van der Waals surface area contributed by atoms with E-state index in [1.165, 1.54) is 31.2 Å². The van der Waals surface area contributed by atoms with Crippen molar-refractivity contribution in [1.29, 1.82) is 0 Å².